The molecule has 0 saturated heterocycles. The van der Waals surface area contributed by atoms with E-state index in [0.717, 1.165) is 5.69 Å². The smallest absolute Gasteiger partial charge is 0.267 e. The summed E-state index contributed by atoms with van der Waals surface area (Å²) in [6.07, 6.45) is 0. The van der Waals surface area contributed by atoms with Gasteiger partial charge < -0.3 is 10.1 Å². The molecular weight excluding hydrogens is 376 g/mol. The third kappa shape index (κ3) is 4.58. The molecule has 0 aliphatic rings. The number of nitrogens with one attached hydrogen (secondary N) is 1. The third-order valence-electron chi connectivity index (χ3n) is 4.00. The Morgan fingerprint density at radius 3 is 2.75 bits per heavy atom. The third-order valence-corrected chi connectivity index (χ3v) is 4.94. The lowest BCUT2D eigenvalue weighted by Gasteiger charge is -2.14. The standard InChI is InChI=1S/C20H22N4O3S/c1-13-7-6-10-17(21-13)24-19(26)15-8-4-5-9-16(15)23-20(24)28-12-18(25)22-14(2)11-27-3/h4-10,14H,11-12H2,1-3H3,(H,22,25). The van der Waals surface area contributed by atoms with E-state index in [2.05, 4.69) is 15.3 Å². The van der Waals surface area contributed by atoms with Gasteiger partial charge in [-0.3, -0.25) is 9.59 Å². The predicted molar refractivity (Wildman–Crippen MR) is 110 cm³/mol. The maximum atomic E-state index is 13.1. The van der Waals surface area contributed by atoms with Gasteiger partial charge in [0.05, 0.1) is 23.3 Å². The summed E-state index contributed by atoms with van der Waals surface area (Å²) in [6.45, 7) is 4.16. The van der Waals surface area contributed by atoms with E-state index >= 15 is 0 Å². The number of pyridine rings is 1. The average molecular weight is 398 g/mol. The van der Waals surface area contributed by atoms with E-state index < -0.39 is 0 Å². The molecule has 28 heavy (non-hydrogen) atoms. The normalized spacial score (nSPS) is 12.1. The summed E-state index contributed by atoms with van der Waals surface area (Å²) in [7, 11) is 1.59. The highest BCUT2D eigenvalue weighted by Crippen LogP contribution is 2.20. The molecule has 0 radical (unpaired) electrons. The molecule has 2 heterocycles. The van der Waals surface area contributed by atoms with Crippen molar-refractivity contribution < 1.29 is 9.53 Å². The number of carbonyl (C=O) groups excluding carboxylic acids is 1. The summed E-state index contributed by atoms with van der Waals surface area (Å²) in [6, 6.07) is 12.5. The van der Waals surface area contributed by atoms with Crippen LogP contribution in [0, 0.1) is 6.92 Å². The molecule has 1 aromatic carbocycles. The Morgan fingerprint density at radius 1 is 1.21 bits per heavy atom. The quantitative estimate of drug-likeness (QED) is 0.486. The van der Waals surface area contributed by atoms with Crippen LogP contribution in [0.2, 0.25) is 0 Å². The maximum Gasteiger partial charge on any atom is 0.267 e. The molecule has 0 fully saturated rings. The van der Waals surface area contributed by atoms with Gasteiger partial charge in [-0.1, -0.05) is 30.0 Å². The summed E-state index contributed by atoms with van der Waals surface area (Å²) in [5, 5.41) is 3.79. The molecule has 3 rings (SSSR count). The van der Waals surface area contributed by atoms with Crippen LogP contribution in [0.4, 0.5) is 0 Å². The van der Waals surface area contributed by atoms with E-state index in [1.807, 2.05) is 32.0 Å². The number of para-hydroxylation sites is 1. The van der Waals surface area contributed by atoms with Gasteiger partial charge in [-0.15, -0.1) is 0 Å². The van der Waals surface area contributed by atoms with Gasteiger partial charge in [0.2, 0.25) is 5.91 Å². The summed E-state index contributed by atoms with van der Waals surface area (Å²) < 4.78 is 6.50. The summed E-state index contributed by atoms with van der Waals surface area (Å²) >= 11 is 1.20. The number of ether oxygens (including phenoxy) is 1. The van der Waals surface area contributed by atoms with Gasteiger partial charge in [0.15, 0.2) is 5.16 Å². The van der Waals surface area contributed by atoms with Crippen molar-refractivity contribution in [2.45, 2.75) is 25.0 Å². The number of nitrogens with zero attached hydrogens (tertiary/aromatic N) is 3. The topological polar surface area (TPSA) is 86.1 Å². The number of benzene rings is 1. The van der Waals surface area contributed by atoms with Crippen molar-refractivity contribution in [2.24, 2.45) is 0 Å². The molecule has 1 atom stereocenters. The zero-order valence-electron chi connectivity index (χ0n) is 16.0. The highest BCUT2D eigenvalue weighted by Gasteiger charge is 2.16. The zero-order valence-corrected chi connectivity index (χ0v) is 16.8. The fraction of sp³-hybridized carbons (Fsp3) is 0.300. The van der Waals surface area contributed by atoms with Crippen LogP contribution in [0.15, 0.2) is 52.4 Å². The van der Waals surface area contributed by atoms with E-state index in [1.54, 1.807) is 31.4 Å². The van der Waals surface area contributed by atoms with Crippen LogP contribution in [0.25, 0.3) is 16.7 Å². The Morgan fingerprint density at radius 2 is 2.00 bits per heavy atom. The van der Waals surface area contributed by atoms with Gasteiger partial charge in [0.1, 0.15) is 5.82 Å². The number of methoxy groups -OCH3 is 1. The van der Waals surface area contributed by atoms with Crippen molar-refractivity contribution in [2.75, 3.05) is 19.5 Å². The first-order valence-corrected chi connectivity index (χ1v) is 9.85. The molecule has 1 amide bonds. The molecule has 1 unspecified atom stereocenters. The maximum absolute atomic E-state index is 13.1. The van der Waals surface area contributed by atoms with E-state index in [1.165, 1.54) is 16.3 Å². The second kappa shape index (κ2) is 8.99. The van der Waals surface area contributed by atoms with Crippen LogP contribution in [-0.4, -0.2) is 46.0 Å². The largest absolute Gasteiger partial charge is 0.383 e. The molecule has 2 aromatic heterocycles. The van der Waals surface area contributed by atoms with Crippen LogP contribution in [0.3, 0.4) is 0 Å². The highest BCUT2D eigenvalue weighted by atomic mass is 32.2. The second-order valence-electron chi connectivity index (χ2n) is 6.40. The molecule has 7 nitrogen and oxygen atoms in total. The minimum atomic E-state index is -0.209. The highest BCUT2D eigenvalue weighted by molar-refractivity contribution is 7.99. The molecule has 0 aliphatic carbocycles. The average Bonchev–Trinajstić information content (AvgIpc) is 2.66. The van der Waals surface area contributed by atoms with E-state index in [9.17, 15) is 9.59 Å². The number of hydrogen-bond donors (Lipinski definition) is 1. The first kappa shape index (κ1) is 20.0. The van der Waals surface area contributed by atoms with Gasteiger partial charge >= 0.3 is 0 Å². The molecule has 0 saturated carbocycles. The summed E-state index contributed by atoms with van der Waals surface area (Å²) in [4.78, 5) is 34.4. The lowest BCUT2D eigenvalue weighted by atomic mass is 10.2. The van der Waals surface area contributed by atoms with Crippen LogP contribution < -0.4 is 10.9 Å². The number of hydrogen-bond acceptors (Lipinski definition) is 6. The number of amides is 1. The lowest BCUT2D eigenvalue weighted by molar-refractivity contribution is -0.119. The monoisotopic (exact) mass is 398 g/mol. The van der Waals surface area contributed by atoms with Crippen molar-refractivity contribution >= 4 is 28.6 Å². The molecule has 1 N–H and O–H groups in total. The van der Waals surface area contributed by atoms with Gasteiger partial charge in [0, 0.05) is 18.8 Å². The number of rotatable bonds is 7. The van der Waals surface area contributed by atoms with E-state index in [0.29, 0.717) is 28.5 Å². The van der Waals surface area contributed by atoms with Crippen molar-refractivity contribution in [3.8, 4) is 5.82 Å². The molecule has 146 valence electrons. The predicted octanol–water partition coefficient (Wildman–Crippen LogP) is 2.33. The molecule has 0 spiro atoms. The summed E-state index contributed by atoms with van der Waals surface area (Å²) in [5.41, 5.74) is 1.17. The molecule has 0 aliphatic heterocycles. The first-order chi connectivity index (χ1) is 13.5. The Bertz CT molecular complexity index is 1050. The van der Waals surface area contributed by atoms with Crippen LogP contribution in [0.1, 0.15) is 12.6 Å². The van der Waals surface area contributed by atoms with E-state index in [4.69, 9.17) is 4.74 Å². The fourth-order valence-electron chi connectivity index (χ4n) is 2.80. The minimum absolute atomic E-state index is 0.0942. The number of fused-ring (bicyclic) bond motifs is 1. The number of thioether (sulfide) groups is 1. The second-order valence-corrected chi connectivity index (χ2v) is 7.34. The Balaban J connectivity index is 1.97. The van der Waals surface area contributed by atoms with Gasteiger partial charge in [-0.05, 0) is 38.1 Å². The van der Waals surface area contributed by atoms with Gasteiger partial charge in [-0.2, -0.15) is 0 Å². The fourth-order valence-corrected chi connectivity index (χ4v) is 3.61. The van der Waals surface area contributed by atoms with Crippen molar-refractivity contribution in [3.05, 3.63) is 58.5 Å². The number of aryl methyl sites for hydroxylation is 1. The summed E-state index contributed by atoms with van der Waals surface area (Å²) in [5.74, 6) is 0.463. The molecular formula is C20H22N4O3S. The molecule has 0 bridgehead atoms. The Kier molecular flexibility index (Phi) is 6.43. The Hall–Kier alpha value is -2.71. The van der Waals surface area contributed by atoms with Crippen LogP contribution in [-0.2, 0) is 9.53 Å². The van der Waals surface area contributed by atoms with Crippen LogP contribution >= 0.6 is 11.8 Å². The molecule has 8 heteroatoms. The van der Waals surface area contributed by atoms with Crippen molar-refractivity contribution in [3.63, 3.8) is 0 Å². The lowest BCUT2D eigenvalue weighted by Crippen LogP contribution is -2.36. The number of carbonyl (C=O) groups is 1. The van der Waals surface area contributed by atoms with Gasteiger partial charge in [-0.25, -0.2) is 14.5 Å². The number of aromatic nitrogens is 3. The Labute approximate surface area is 167 Å². The first-order valence-electron chi connectivity index (χ1n) is 8.86. The SMILES string of the molecule is COCC(C)NC(=O)CSc1nc2ccccc2c(=O)n1-c1cccc(C)n1. The van der Waals surface area contributed by atoms with Crippen molar-refractivity contribution in [1.29, 1.82) is 0 Å². The molecule has 3 aromatic rings. The van der Waals surface area contributed by atoms with Crippen molar-refractivity contribution in [1.82, 2.24) is 19.9 Å². The van der Waals surface area contributed by atoms with E-state index in [-0.39, 0.29) is 23.3 Å². The zero-order chi connectivity index (χ0) is 20.1. The van der Waals surface area contributed by atoms with Gasteiger partial charge in [0.25, 0.3) is 5.56 Å². The van der Waals surface area contributed by atoms with Crippen LogP contribution in [0.5, 0.6) is 0 Å². The minimum Gasteiger partial charge on any atom is -0.383 e.